The fourth-order valence-electron chi connectivity index (χ4n) is 3.28. The first kappa shape index (κ1) is 20.9. The molecule has 3 aromatic rings. The lowest BCUT2D eigenvalue weighted by Crippen LogP contribution is -2.23. The highest BCUT2D eigenvalue weighted by Gasteiger charge is 2.14. The quantitative estimate of drug-likeness (QED) is 0.300. The first-order valence-corrected chi connectivity index (χ1v) is 10.4. The Morgan fingerprint density at radius 2 is 1.86 bits per heavy atom. The van der Waals surface area contributed by atoms with Crippen molar-refractivity contribution in [2.75, 3.05) is 0 Å². The van der Waals surface area contributed by atoms with Crippen LogP contribution in [0.25, 0.3) is 11.8 Å². The average molecular weight is 495 g/mol. The van der Waals surface area contributed by atoms with Crippen LogP contribution in [0.2, 0.25) is 0 Å². The predicted molar refractivity (Wildman–Crippen MR) is 125 cm³/mol. The molecule has 3 rings (SSSR count). The van der Waals surface area contributed by atoms with Crippen LogP contribution in [0.1, 0.15) is 28.1 Å². The van der Waals surface area contributed by atoms with Gasteiger partial charge in [0.05, 0.1) is 0 Å². The number of nitrogens with one attached hydrogen (secondary N) is 1. The molecule has 4 nitrogen and oxygen atoms in total. The molecule has 0 bridgehead atoms. The number of halogens is 1. The molecule has 0 aliphatic heterocycles. The molecule has 0 saturated heterocycles. The molecule has 2 aromatic carbocycles. The van der Waals surface area contributed by atoms with Gasteiger partial charge in [-0.15, -0.1) is 0 Å². The van der Waals surface area contributed by atoms with Crippen molar-refractivity contribution >= 4 is 34.6 Å². The van der Waals surface area contributed by atoms with Crippen molar-refractivity contribution < 1.29 is 4.79 Å². The molecule has 0 spiro atoms. The van der Waals surface area contributed by atoms with Crippen LogP contribution in [0.4, 0.5) is 0 Å². The van der Waals surface area contributed by atoms with Crippen LogP contribution in [0.15, 0.2) is 60.2 Å². The van der Waals surface area contributed by atoms with Crippen LogP contribution in [0.3, 0.4) is 0 Å². The number of benzene rings is 2. The fraction of sp³-hybridized carbons (Fsp3) is 0.167. The summed E-state index contributed by atoms with van der Waals surface area (Å²) in [4.78, 5) is 12.5. The van der Waals surface area contributed by atoms with Gasteiger partial charge in [0.25, 0.3) is 5.91 Å². The molecule has 1 aromatic heterocycles. The molecule has 0 fully saturated rings. The normalized spacial score (nSPS) is 11.2. The first-order chi connectivity index (χ1) is 13.9. The minimum atomic E-state index is -0.369. The molecule has 0 saturated carbocycles. The lowest BCUT2D eigenvalue weighted by atomic mass is 10.1. The van der Waals surface area contributed by atoms with E-state index in [1.807, 2.05) is 56.3 Å². The lowest BCUT2D eigenvalue weighted by Gasteiger charge is -2.11. The van der Waals surface area contributed by atoms with Gasteiger partial charge >= 0.3 is 0 Å². The van der Waals surface area contributed by atoms with Crippen LogP contribution in [-0.2, 0) is 11.3 Å². The van der Waals surface area contributed by atoms with E-state index < -0.39 is 0 Å². The molecule has 1 amide bonds. The van der Waals surface area contributed by atoms with E-state index in [1.165, 1.54) is 9.13 Å². The molecule has 5 heteroatoms. The third kappa shape index (κ3) is 4.77. The van der Waals surface area contributed by atoms with Crippen LogP contribution in [0, 0.1) is 35.7 Å². The van der Waals surface area contributed by atoms with Crippen LogP contribution < -0.4 is 5.32 Å². The molecule has 29 heavy (non-hydrogen) atoms. The van der Waals surface area contributed by atoms with Crippen molar-refractivity contribution in [3.63, 3.8) is 0 Å². The second-order valence-electron chi connectivity index (χ2n) is 6.93. The summed E-state index contributed by atoms with van der Waals surface area (Å²) in [6, 6.07) is 20.0. The molecular formula is C24H22IN3O. The van der Waals surface area contributed by atoms with Gasteiger partial charge in [-0.2, -0.15) is 5.26 Å². The van der Waals surface area contributed by atoms with Gasteiger partial charge in [-0.05, 0) is 90.4 Å². The third-order valence-corrected chi connectivity index (χ3v) is 6.04. The Labute approximate surface area is 185 Å². The minimum Gasteiger partial charge on any atom is -0.347 e. The number of hydrogen-bond acceptors (Lipinski definition) is 2. The molecule has 0 radical (unpaired) electrons. The van der Waals surface area contributed by atoms with E-state index in [2.05, 4.69) is 57.6 Å². The molecule has 1 N–H and O–H groups in total. The fourth-order valence-corrected chi connectivity index (χ4v) is 3.61. The maximum Gasteiger partial charge on any atom is 0.262 e. The second-order valence-corrected chi connectivity index (χ2v) is 8.10. The molecule has 1 heterocycles. The maximum atomic E-state index is 12.5. The minimum absolute atomic E-state index is 0.0972. The Balaban J connectivity index is 1.87. The highest BCUT2D eigenvalue weighted by Crippen LogP contribution is 2.25. The Hall–Kier alpha value is -2.85. The van der Waals surface area contributed by atoms with Crippen molar-refractivity contribution in [1.82, 2.24) is 9.88 Å². The Kier molecular flexibility index (Phi) is 6.55. The largest absolute Gasteiger partial charge is 0.347 e. The zero-order chi connectivity index (χ0) is 21.0. The number of carbonyl (C=O) groups is 1. The van der Waals surface area contributed by atoms with Crippen molar-refractivity contribution in [3.8, 4) is 11.8 Å². The number of nitrogens with zero attached hydrogens (tertiary/aromatic N) is 2. The average Bonchev–Trinajstić information content (AvgIpc) is 3.00. The molecule has 0 unspecified atom stereocenters. The SMILES string of the molecule is Cc1cc(-n2c(C)cc(/C=C(/C#N)C(=O)NCc3ccccc3)c2C)ccc1I. The molecular weight excluding hydrogens is 473 g/mol. The summed E-state index contributed by atoms with van der Waals surface area (Å²) < 4.78 is 3.36. The second kappa shape index (κ2) is 9.10. The van der Waals surface area contributed by atoms with Gasteiger partial charge in [-0.3, -0.25) is 4.79 Å². The van der Waals surface area contributed by atoms with Gasteiger partial charge in [0.1, 0.15) is 11.6 Å². The van der Waals surface area contributed by atoms with Crippen LogP contribution in [0.5, 0.6) is 0 Å². The summed E-state index contributed by atoms with van der Waals surface area (Å²) >= 11 is 2.32. The van der Waals surface area contributed by atoms with Gasteiger partial charge in [0.2, 0.25) is 0 Å². The van der Waals surface area contributed by atoms with E-state index in [4.69, 9.17) is 0 Å². The van der Waals surface area contributed by atoms with E-state index in [-0.39, 0.29) is 11.5 Å². The maximum absolute atomic E-state index is 12.5. The summed E-state index contributed by atoms with van der Waals surface area (Å²) in [6.07, 6.45) is 1.67. The Morgan fingerprint density at radius 1 is 1.14 bits per heavy atom. The number of aromatic nitrogens is 1. The van der Waals surface area contributed by atoms with Gasteiger partial charge in [0, 0.05) is 27.2 Å². The zero-order valence-electron chi connectivity index (χ0n) is 16.7. The summed E-state index contributed by atoms with van der Waals surface area (Å²) in [6.45, 7) is 6.51. The number of nitriles is 1. The standard InChI is InChI=1S/C24H22IN3O/c1-16-11-22(9-10-23(16)25)28-17(2)12-20(18(28)3)13-21(14-26)24(29)27-15-19-7-5-4-6-8-19/h4-13H,15H2,1-3H3,(H,27,29)/b21-13-. The summed E-state index contributed by atoms with van der Waals surface area (Å²) in [5.74, 6) is -0.369. The van der Waals surface area contributed by atoms with Crippen molar-refractivity contribution in [1.29, 1.82) is 5.26 Å². The monoisotopic (exact) mass is 495 g/mol. The van der Waals surface area contributed by atoms with Crippen molar-refractivity contribution in [2.45, 2.75) is 27.3 Å². The highest BCUT2D eigenvalue weighted by molar-refractivity contribution is 14.1. The van der Waals surface area contributed by atoms with Gasteiger partial charge < -0.3 is 9.88 Å². The Bertz CT molecular complexity index is 1120. The zero-order valence-corrected chi connectivity index (χ0v) is 18.8. The number of amides is 1. The molecule has 0 atom stereocenters. The molecule has 0 aliphatic carbocycles. The van der Waals surface area contributed by atoms with E-state index in [0.29, 0.717) is 6.54 Å². The van der Waals surface area contributed by atoms with E-state index >= 15 is 0 Å². The predicted octanol–water partition coefficient (Wildman–Crippen LogP) is 5.23. The third-order valence-electron chi connectivity index (χ3n) is 4.83. The summed E-state index contributed by atoms with van der Waals surface area (Å²) in [5.41, 5.74) is 6.29. The van der Waals surface area contributed by atoms with Crippen LogP contribution >= 0.6 is 22.6 Å². The van der Waals surface area contributed by atoms with Gasteiger partial charge in [-0.25, -0.2) is 0 Å². The number of hydrogen-bond donors (Lipinski definition) is 1. The highest BCUT2D eigenvalue weighted by atomic mass is 127. The lowest BCUT2D eigenvalue weighted by molar-refractivity contribution is -0.117. The number of aryl methyl sites for hydroxylation is 2. The summed E-state index contributed by atoms with van der Waals surface area (Å²) in [5, 5.41) is 12.3. The first-order valence-electron chi connectivity index (χ1n) is 9.30. The molecule has 146 valence electrons. The van der Waals surface area contributed by atoms with Gasteiger partial charge in [0.15, 0.2) is 0 Å². The topological polar surface area (TPSA) is 57.8 Å². The van der Waals surface area contributed by atoms with Crippen molar-refractivity contribution in [3.05, 3.63) is 91.8 Å². The van der Waals surface area contributed by atoms with Crippen molar-refractivity contribution in [2.24, 2.45) is 0 Å². The molecule has 0 aliphatic rings. The van der Waals surface area contributed by atoms with Crippen LogP contribution in [-0.4, -0.2) is 10.5 Å². The summed E-state index contributed by atoms with van der Waals surface area (Å²) in [7, 11) is 0. The van der Waals surface area contributed by atoms with E-state index in [9.17, 15) is 10.1 Å². The smallest absolute Gasteiger partial charge is 0.262 e. The van der Waals surface area contributed by atoms with Gasteiger partial charge in [-0.1, -0.05) is 30.3 Å². The van der Waals surface area contributed by atoms with E-state index in [0.717, 1.165) is 28.2 Å². The number of rotatable bonds is 5. The van der Waals surface area contributed by atoms with E-state index in [1.54, 1.807) is 6.08 Å². The Morgan fingerprint density at radius 3 is 2.52 bits per heavy atom. The number of carbonyl (C=O) groups excluding carboxylic acids is 1.